The Bertz CT molecular complexity index is 1230. The molecule has 1 aliphatic heterocycles. The van der Waals surface area contributed by atoms with Crippen molar-refractivity contribution in [2.45, 2.75) is 44.4 Å². The summed E-state index contributed by atoms with van der Waals surface area (Å²) in [6.45, 7) is 1.98. The number of benzene rings is 3. The van der Waals surface area contributed by atoms with E-state index < -0.39 is 6.04 Å². The summed E-state index contributed by atoms with van der Waals surface area (Å²) >= 11 is 6.26. The second kappa shape index (κ2) is 11.9. The van der Waals surface area contributed by atoms with Crippen molar-refractivity contribution in [3.63, 3.8) is 0 Å². The van der Waals surface area contributed by atoms with E-state index in [-0.39, 0.29) is 24.0 Å². The molecule has 0 aromatic heterocycles. The minimum atomic E-state index is -0.723. The lowest BCUT2D eigenvalue weighted by Gasteiger charge is -2.30. The number of hydrogen-bond donors (Lipinski definition) is 1. The zero-order chi connectivity index (χ0) is 25.5. The standard InChI is InChI=1S/C30H31ClN2O3/c1-21-11-6-8-17-26(23-14-10-15-24(31)20-23)32-29(34)27(19-22-12-4-3-5-13-22)33(2)30(35)25-16-7-9-18-28(25)36-21/h3-10,12-16,18,20-21,26-27H,11,17,19H2,1-2H3,(H,32,34)/b8-6+/t21-,26+,27-/m1/s1. The number of carbonyl (C=O) groups is 2. The van der Waals surface area contributed by atoms with Crippen LogP contribution in [0.25, 0.3) is 0 Å². The summed E-state index contributed by atoms with van der Waals surface area (Å²) in [5, 5.41) is 3.81. The predicted octanol–water partition coefficient (Wildman–Crippen LogP) is 6.00. The first kappa shape index (κ1) is 25.5. The molecule has 1 aliphatic rings. The van der Waals surface area contributed by atoms with Gasteiger partial charge in [0.05, 0.1) is 17.7 Å². The lowest BCUT2D eigenvalue weighted by atomic mass is 9.99. The maximum absolute atomic E-state index is 13.8. The average molecular weight is 503 g/mol. The Kier molecular flexibility index (Phi) is 8.44. The number of nitrogens with one attached hydrogen (secondary N) is 1. The molecule has 1 N–H and O–H groups in total. The lowest BCUT2D eigenvalue weighted by Crippen LogP contribution is -2.49. The Hall–Kier alpha value is -3.57. The number of amides is 2. The summed E-state index contributed by atoms with van der Waals surface area (Å²) < 4.78 is 6.15. The Morgan fingerprint density at radius 2 is 1.67 bits per heavy atom. The first-order valence-electron chi connectivity index (χ1n) is 12.2. The molecule has 0 spiro atoms. The smallest absolute Gasteiger partial charge is 0.258 e. The second-order valence-electron chi connectivity index (χ2n) is 9.11. The highest BCUT2D eigenvalue weighted by molar-refractivity contribution is 6.30. The van der Waals surface area contributed by atoms with E-state index >= 15 is 0 Å². The van der Waals surface area contributed by atoms with Gasteiger partial charge in [0.1, 0.15) is 11.8 Å². The Balaban J connectivity index is 1.73. The van der Waals surface area contributed by atoms with Crippen LogP contribution in [-0.4, -0.2) is 35.9 Å². The van der Waals surface area contributed by atoms with Crippen molar-refractivity contribution >= 4 is 23.4 Å². The summed E-state index contributed by atoms with van der Waals surface area (Å²) in [6.07, 6.45) is 5.63. The molecule has 6 heteroatoms. The van der Waals surface area contributed by atoms with Gasteiger partial charge >= 0.3 is 0 Å². The van der Waals surface area contributed by atoms with Gasteiger partial charge in [-0.3, -0.25) is 9.59 Å². The molecule has 3 aromatic rings. The summed E-state index contributed by atoms with van der Waals surface area (Å²) in [7, 11) is 1.68. The number of ether oxygens (including phenoxy) is 1. The third-order valence-electron chi connectivity index (χ3n) is 6.38. The first-order valence-corrected chi connectivity index (χ1v) is 12.6. The largest absolute Gasteiger partial charge is 0.490 e. The third-order valence-corrected chi connectivity index (χ3v) is 6.62. The van der Waals surface area contributed by atoms with E-state index in [1.165, 1.54) is 4.90 Å². The van der Waals surface area contributed by atoms with Gasteiger partial charge < -0.3 is 15.0 Å². The zero-order valence-corrected chi connectivity index (χ0v) is 21.3. The van der Waals surface area contributed by atoms with E-state index in [2.05, 4.69) is 17.5 Å². The minimum Gasteiger partial charge on any atom is -0.490 e. The highest BCUT2D eigenvalue weighted by Crippen LogP contribution is 2.26. The van der Waals surface area contributed by atoms with E-state index in [1.54, 1.807) is 19.2 Å². The molecule has 186 valence electrons. The maximum atomic E-state index is 13.8. The zero-order valence-electron chi connectivity index (χ0n) is 20.6. The van der Waals surface area contributed by atoms with Crippen LogP contribution in [0, 0.1) is 0 Å². The number of fused-ring (bicyclic) bond motifs is 1. The van der Waals surface area contributed by atoms with E-state index in [1.807, 2.05) is 73.7 Å². The lowest BCUT2D eigenvalue weighted by molar-refractivity contribution is -0.126. The van der Waals surface area contributed by atoms with Gasteiger partial charge in [-0.15, -0.1) is 0 Å². The SMILES string of the molecule is C[C@@H]1C/C=C/C[C@@H](c2cccc(Cl)c2)NC(=O)[C@@H](Cc2ccccc2)N(C)C(=O)c2ccccc2O1. The topological polar surface area (TPSA) is 58.6 Å². The van der Waals surface area contributed by atoms with Crippen molar-refractivity contribution in [1.82, 2.24) is 10.2 Å². The highest BCUT2D eigenvalue weighted by Gasteiger charge is 2.31. The Labute approximate surface area is 217 Å². The molecule has 2 amide bonds. The van der Waals surface area contributed by atoms with Gasteiger partial charge in [0, 0.05) is 24.9 Å². The van der Waals surface area contributed by atoms with Crippen LogP contribution in [0.5, 0.6) is 5.75 Å². The number of nitrogens with zero attached hydrogens (tertiary/aromatic N) is 1. The number of halogens is 1. The van der Waals surface area contributed by atoms with Crippen LogP contribution in [0.3, 0.4) is 0 Å². The maximum Gasteiger partial charge on any atom is 0.258 e. The minimum absolute atomic E-state index is 0.122. The van der Waals surface area contributed by atoms with Crippen LogP contribution in [0.2, 0.25) is 5.02 Å². The van der Waals surface area contributed by atoms with Crippen LogP contribution < -0.4 is 10.1 Å². The summed E-state index contributed by atoms with van der Waals surface area (Å²) in [5.41, 5.74) is 2.32. The average Bonchev–Trinajstić information content (AvgIpc) is 2.88. The van der Waals surface area contributed by atoms with Crippen molar-refractivity contribution < 1.29 is 14.3 Å². The molecule has 4 rings (SSSR count). The molecule has 0 fully saturated rings. The molecule has 0 unspecified atom stereocenters. The Morgan fingerprint density at radius 3 is 2.44 bits per heavy atom. The fraction of sp³-hybridized carbons (Fsp3) is 0.267. The number of carbonyl (C=O) groups excluding carboxylic acids is 2. The van der Waals surface area contributed by atoms with Gasteiger partial charge in [-0.1, -0.05) is 78.4 Å². The monoisotopic (exact) mass is 502 g/mol. The van der Waals surface area contributed by atoms with Gasteiger partial charge in [0.25, 0.3) is 5.91 Å². The molecular formula is C30H31ClN2O3. The van der Waals surface area contributed by atoms with Crippen LogP contribution in [0.4, 0.5) is 0 Å². The summed E-state index contributed by atoms with van der Waals surface area (Å²) in [5.74, 6) is 0.0284. The van der Waals surface area contributed by atoms with E-state index in [4.69, 9.17) is 16.3 Å². The third kappa shape index (κ3) is 6.35. The quantitative estimate of drug-likeness (QED) is 0.447. The summed E-state index contributed by atoms with van der Waals surface area (Å²) in [6, 6.07) is 23.4. The number of rotatable bonds is 3. The molecule has 0 radical (unpaired) electrons. The summed E-state index contributed by atoms with van der Waals surface area (Å²) in [4.78, 5) is 29.0. The highest BCUT2D eigenvalue weighted by atomic mass is 35.5. The van der Waals surface area contributed by atoms with Crippen LogP contribution >= 0.6 is 11.6 Å². The molecule has 3 aromatic carbocycles. The number of hydrogen-bond acceptors (Lipinski definition) is 3. The molecule has 0 bridgehead atoms. The van der Waals surface area contributed by atoms with E-state index in [9.17, 15) is 9.59 Å². The molecule has 0 saturated carbocycles. The number of likely N-dealkylation sites (N-methyl/N-ethyl adjacent to an activating group) is 1. The van der Waals surface area contributed by atoms with Gasteiger partial charge in [0.15, 0.2) is 0 Å². The van der Waals surface area contributed by atoms with E-state index in [0.29, 0.717) is 35.6 Å². The molecule has 36 heavy (non-hydrogen) atoms. The van der Waals surface area contributed by atoms with Crippen LogP contribution in [0.15, 0.2) is 91.0 Å². The van der Waals surface area contributed by atoms with Gasteiger partial charge in [0.2, 0.25) is 5.91 Å². The molecule has 0 saturated heterocycles. The molecular weight excluding hydrogens is 472 g/mol. The normalized spacial score (nSPS) is 22.1. The molecule has 0 aliphatic carbocycles. The van der Waals surface area contributed by atoms with Crippen molar-refractivity contribution in [2.75, 3.05) is 7.05 Å². The van der Waals surface area contributed by atoms with Crippen molar-refractivity contribution in [3.05, 3.63) is 113 Å². The first-order chi connectivity index (χ1) is 17.4. The van der Waals surface area contributed by atoms with Crippen molar-refractivity contribution in [3.8, 4) is 5.75 Å². The predicted molar refractivity (Wildman–Crippen MR) is 143 cm³/mol. The van der Waals surface area contributed by atoms with Crippen LogP contribution in [0.1, 0.15) is 47.3 Å². The van der Waals surface area contributed by atoms with Crippen LogP contribution in [-0.2, 0) is 11.2 Å². The van der Waals surface area contributed by atoms with Crippen molar-refractivity contribution in [1.29, 1.82) is 0 Å². The van der Waals surface area contributed by atoms with Gasteiger partial charge in [-0.25, -0.2) is 0 Å². The molecule has 5 nitrogen and oxygen atoms in total. The van der Waals surface area contributed by atoms with E-state index in [0.717, 1.165) is 11.1 Å². The Morgan fingerprint density at radius 1 is 0.944 bits per heavy atom. The molecule has 1 heterocycles. The van der Waals surface area contributed by atoms with Crippen molar-refractivity contribution in [2.24, 2.45) is 0 Å². The second-order valence-corrected chi connectivity index (χ2v) is 9.54. The fourth-order valence-corrected chi connectivity index (χ4v) is 4.57. The molecule has 3 atom stereocenters. The number of para-hydroxylation sites is 1. The fourth-order valence-electron chi connectivity index (χ4n) is 4.38. The van der Waals surface area contributed by atoms with Gasteiger partial charge in [-0.05, 0) is 48.7 Å². The van der Waals surface area contributed by atoms with Gasteiger partial charge in [-0.2, -0.15) is 0 Å².